The lowest BCUT2D eigenvalue weighted by Crippen LogP contribution is -2.28. The first-order valence-electron chi connectivity index (χ1n) is 8.09. The Morgan fingerprint density at radius 1 is 1.09 bits per heavy atom. The van der Waals surface area contributed by atoms with Crippen molar-refractivity contribution in [3.05, 3.63) is 57.4 Å². The van der Waals surface area contributed by atoms with E-state index in [1.807, 2.05) is 10.6 Å². The molecule has 0 amide bonds. The minimum absolute atomic E-state index is 0.126. The molecule has 0 spiro atoms. The highest BCUT2D eigenvalue weighted by Crippen LogP contribution is 2.24. The Morgan fingerprint density at radius 3 is 2.55 bits per heavy atom. The third kappa shape index (κ3) is 3.47. The maximum absolute atomic E-state index is 12.8. The molecule has 0 aliphatic heterocycles. The van der Waals surface area contributed by atoms with Crippen LogP contribution < -0.4 is 10.9 Å². The first-order chi connectivity index (χ1) is 10.6. The van der Waals surface area contributed by atoms with Crippen LogP contribution >= 0.6 is 0 Å². The average Bonchev–Trinajstić information content (AvgIpc) is 2.51. The quantitative estimate of drug-likeness (QED) is 0.883. The first-order valence-corrected chi connectivity index (χ1v) is 8.09. The molecule has 0 radical (unpaired) electrons. The molecule has 2 rings (SSSR count). The molecular formula is C19H26N2O. The number of aromatic nitrogens is 1. The third-order valence-electron chi connectivity index (χ3n) is 3.93. The number of hydrogen-bond acceptors (Lipinski definition) is 2. The summed E-state index contributed by atoms with van der Waals surface area (Å²) in [5.41, 5.74) is 5.56. The van der Waals surface area contributed by atoms with Crippen LogP contribution in [0.5, 0.6) is 0 Å². The molecule has 118 valence electrons. The topological polar surface area (TPSA) is 34.0 Å². The first kappa shape index (κ1) is 16.5. The molecule has 1 N–H and O–H groups in total. The number of pyridine rings is 1. The Kier molecular flexibility index (Phi) is 5.56. The fraction of sp³-hybridized carbons (Fsp3) is 0.421. The van der Waals surface area contributed by atoms with Crippen LogP contribution in [-0.2, 0) is 13.1 Å². The number of aryl methyl sites for hydroxylation is 2. The normalized spacial score (nSPS) is 10.9. The van der Waals surface area contributed by atoms with E-state index in [1.165, 1.54) is 11.1 Å². The van der Waals surface area contributed by atoms with Gasteiger partial charge in [0.1, 0.15) is 0 Å². The van der Waals surface area contributed by atoms with Crippen molar-refractivity contribution in [1.29, 1.82) is 0 Å². The molecule has 0 saturated heterocycles. The fourth-order valence-electron chi connectivity index (χ4n) is 2.71. The van der Waals surface area contributed by atoms with Crippen LogP contribution in [0.15, 0.2) is 35.1 Å². The molecule has 0 atom stereocenters. The second kappa shape index (κ2) is 7.41. The van der Waals surface area contributed by atoms with Crippen molar-refractivity contribution in [3.8, 4) is 11.3 Å². The van der Waals surface area contributed by atoms with E-state index in [9.17, 15) is 4.79 Å². The molecule has 22 heavy (non-hydrogen) atoms. The summed E-state index contributed by atoms with van der Waals surface area (Å²) in [7, 11) is 0. The summed E-state index contributed by atoms with van der Waals surface area (Å²) in [5.74, 6) is 0. The van der Waals surface area contributed by atoms with Gasteiger partial charge in [0, 0.05) is 24.2 Å². The smallest absolute Gasteiger partial charge is 0.255 e. The number of nitrogens with zero attached hydrogens (tertiary/aromatic N) is 1. The summed E-state index contributed by atoms with van der Waals surface area (Å²) in [4.78, 5) is 12.8. The van der Waals surface area contributed by atoms with Crippen molar-refractivity contribution < 1.29 is 0 Å². The van der Waals surface area contributed by atoms with Crippen LogP contribution in [0.25, 0.3) is 11.3 Å². The van der Waals surface area contributed by atoms with Gasteiger partial charge in [-0.15, -0.1) is 0 Å². The summed E-state index contributed by atoms with van der Waals surface area (Å²) >= 11 is 0. The molecule has 0 aliphatic carbocycles. The molecule has 0 unspecified atom stereocenters. The molecule has 0 bridgehead atoms. The van der Waals surface area contributed by atoms with E-state index in [1.54, 1.807) is 0 Å². The van der Waals surface area contributed by atoms with Gasteiger partial charge in [0.05, 0.1) is 5.69 Å². The van der Waals surface area contributed by atoms with Crippen LogP contribution in [0, 0.1) is 13.8 Å². The van der Waals surface area contributed by atoms with Gasteiger partial charge in [-0.2, -0.15) is 0 Å². The standard InChI is InChI=1S/C19H26N2O/c1-5-11-21-18(17-12-14(3)7-8-15(17)4)10-9-16(19(21)22)13-20-6-2/h7-10,12,20H,5-6,11,13H2,1-4H3. The summed E-state index contributed by atoms with van der Waals surface area (Å²) in [6.45, 7) is 10.6. The summed E-state index contributed by atoms with van der Waals surface area (Å²) in [6.07, 6.45) is 0.947. The zero-order chi connectivity index (χ0) is 16.1. The Morgan fingerprint density at radius 2 is 1.86 bits per heavy atom. The highest BCUT2D eigenvalue weighted by atomic mass is 16.1. The Labute approximate surface area is 133 Å². The highest BCUT2D eigenvalue weighted by Gasteiger charge is 2.11. The summed E-state index contributed by atoms with van der Waals surface area (Å²) in [6, 6.07) is 10.5. The maximum atomic E-state index is 12.8. The van der Waals surface area contributed by atoms with E-state index in [2.05, 4.69) is 57.3 Å². The summed E-state index contributed by atoms with van der Waals surface area (Å²) < 4.78 is 1.93. The van der Waals surface area contributed by atoms with Gasteiger partial charge < -0.3 is 9.88 Å². The molecule has 0 saturated carbocycles. The Bertz CT molecular complexity index is 701. The van der Waals surface area contributed by atoms with Crippen molar-refractivity contribution in [2.45, 2.75) is 47.2 Å². The van der Waals surface area contributed by atoms with E-state index >= 15 is 0 Å². The highest BCUT2D eigenvalue weighted by molar-refractivity contribution is 5.65. The van der Waals surface area contributed by atoms with Gasteiger partial charge in [-0.3, -0.25) is 4.79 Å². The maximum Gasteiger partial charge on any atom is 0.255 e. The van der Waals surface area contributed by atoms with Crippen LogP contribution in [0.2, 0.25) is 0 Å². The van der Waals surface area contributed by atoms with Gasteiger partial charge >= 0.3 is 0 Å². The number of hydrogen-bond donors (Lipinski definition) is 1. The van der Waals surface area contributed by atoms with E-state index in [4.69, 9.17) is 0 Å². The Hall–Kier alpha value is -1.87. The molecule has 1 aromatic carbocycles. The number of benzene rings is 1. The zero-order valence-corrected chi connectivity index (χ0v) is 14.1. The van der Waals surface area contributed by atoms with Crippen molar-refractivity contribution >= 4 is 0 Å². The van der Waals surface area contributed by atoms with Crippen LogP contribution in [0.4, 0.5) is 0 Å². The molecule has 1 heterocycles. The lowest BCUT2D eigenvalue weighted by atomic mass is 10.0. The fourth-order valence-corrected chi connectivity index (χ4v) is 2.71. The van der Waals surface area contributed by atoms with Gasteiger partial charge in [-0.05, 0) is 44.5 Å². The van der Waals surface area contributed by atoms with Gasteiger partial charge in [0.2, 0.25) is 0 Å². The number of nitrogens with one attached hydrogen (secondary N) is 1. The van der Waals surface area contributed by atoms with Gasteiger partial charge in [-0.25, -0.2) is 0 Å². The predicted octanol–water partition coefficient (Wildman–Crippen LogP) is 3.65. The molecule has 1 aromatic heterocycles. The molecule has 2 aromatic rings. The van der Waals surface area contributed by atoms with Crippen molar-refractivity contribution in [1.82, 2.24) is 9.88 Å². The number of rotatable bonds is 6. The molecule has 0 fully saturated rings. The van der Waals surface area contributed by atoms with Crippen LogP contribution in [0.3, 0.4) is 0 Å². The lowest BCUT2D eigenvalue weighted by molar-refractivity contribution is 0.640. The second-order valence-corrected chi connectivity index (χ2v) is 5.80. The monoisotopic (exact) mass is 298 g/mol. The average molecular weight is 298 g/mol. The van der Waals surface area contributed by atoms with Crippen molar-refractivity contribution in [2.24, 2.45) is 0 Å². The molecule has 3 heteroatoms. The van der Waals surface area contributed by atoms with Crippen molar-refractivity contribution in [2.75, 3.05) is 6.54 Å². The minimum Gasteiger partial charge on any atom is -0.313 e. The minimum atomic E-state index is 0.126. The van der Waals surface area contributed by atoms with E-state index in [0.717, 1.165) is 36.3 Å². The molecule has 0 aliphatic rings. The SMILES string of the molecule is CCCn1c(-c2cc(C)ccc2C)ccc(CNCC)c1=O. The Balaban J connectivity index is 2.58. The largest absolute Gasteiger partial charge is 0.313 e. The van der Waals surface area contributed by atoms with Crippen LogP contribution in [0.1, 0.15) is 37.0 Å². The van der Waals surface area contributed by atoms with Crippen molar-refractivity contribution in [3.63, 3.8) is 0 Å². The van der Waals surface area contributed by atoms with Gasteiger partial charge in [0.15, 0.2) is 0 Å². The van der Waals surface area contributed by atoms with Gasteiger partial charge in [0.25, 0.3) is 5.56 Å². The van der Waals surface area contributed by atoms with E-state index < -0.39 is 0 Å². The third-order valence-corrected chi connectivity index (χ3v) is 3.93. The second-order valence-electron chi connectivity index (χ2n) is 5.80. The molecule has 3 nitrogen and oxygen atoms in total. The zero-order valence-electron chi connectivity index (χ0n) is 14.1. The lowest BCUT2D eigenvalue weighted by Gasteiger charge is -2.16. The van der Waals surface area contributed by atoms with E-state index in [-0.39, 0.29) is 5.56 Å². The van der Waals surface area contributed by atoms with Crippen LogP contribution in [-0.4, -0.2) is 11.1 Å². The summed E-state index contributed by atoms with van der Waals surface area (Å²) in [5, 5.41) is 3.24. The molecular weight excluding hydrogens is 272 g/mol. The van der Waals surface area contributed by atoms with Gasteiger partial charge in [-0.1, -0.05) is 37.6 Å². The van der Waals surface area contributed by atoms with E-state index in [0.29, 0.717) is 6.54 Å². The predicted molar refractivity (Wildman–Crippen MR) is 93.3 cm³/mol.